The highest BCUT2D eigenvalue weighted by Gasteiger charge is 2.08. The second-order valence-corrected chi connectivity index (χ2v) is 4.36. The van der Waals surface area contributed by atoms with Gasteiger partial charge in [-0.3, -0.25) is 0 Å². The summed E-state index contributed by atoms with van der Waals surface area (Å²) >= 11 is 0. The van der Waals surface area contributed by atoms with Crippen molar-refractivity contribution in [3.05, 3.63) is 59.0 Å². The van der Waals surface area contributed by atoms with E-state index in [9.17, 15) is 0 Å². The zero-order valence-corrected chi connectivity index (χ0v) is 10.6. The lowest BCUT2D eigenvalue weighted by Crippen LogP contribution is -2.17. The van der Waals surface area contributed by atoms with Crippen molar-refractivity contribution >= 4 is 0 Å². The number of hydrogen-bond acceptors (Lipinski definition) is 3. The Bertz CT molecular complexity index is 566. The van der Waals surface area contributed by atoms with Crippen molar-refractivity contribution in [3.8, 4) is 6.07 Å². The first-order valence-corrected chi connectivity index (χ1v) is 5.98. The molecule has 0 aliphatic carbocycles. The van der Waals surface area contributed by atoms with Crippen molar-refractivity contribution in [2.24, 2.45) is 0 Å². The van der Waals surface area contributed by atoms with E-state index < -0.39 is 0 Å². The van der Waals surface area contributed by atoms with E-state index in [0.717, 1.165) is 23.6 Å². The van der Waals surface area contributed by atoms with Crippen molar-refractivity contribution < 1.29 is 4.42 Å². The number of nitriles is 1. The molecule has 1 N–H and O–H groups in total. The number of nitrogens with zero attached hydrogens (tertiary/aromatic N) is 1. The Morgan fingerprint density at radius 3 is 2.83 bits per heavy atom. The minimum atomic E-state index is 0.157. The molecule has 92 valence electrons. The molecule has 0 amide bonds. The van der Waals surface area contributed by atoms with E-state index >= 15 is 0 Å². The number of nitrogens with one attached hydrogen (secondary N) is 1. The monoisotopic (exact) mass is 240 g/mol. The van der Waals surface area contributed by atoms with Crippen molar-refractivity contribution in [3.63, 3.8) is 0 Å². The largest absolute Gasteiger partial charge is 0.465 e. The second-order valence-electron chi connectivity index (χ2n) is 4.36. The van der Waals surface area contributed by atoms with Crippen LogP contribution in [0, 0.1) is 18.3 Å². The highest BCUT2D eigenvalue weighted by Crippen LogP contribution is 2.16. The molecule has 3 nitrogen and oxygen atoms in total. The van der Waals surface area contributed by atoms with Gasteiger partial charge in [-0.25, -0.2) is 0 Å². The van der Waals surface area contributed by atoms with Gasteiger partial charge in [0.25, 0.3) is 0 Å². The van der Waals surface area contributed by atoms with Gasteiger partial charge in [-0.1, -0.05) is 12.1 Å². The molecule has 1 aromatic carbocycles. The van der Waals surface area contributed by atoms with E-state index in [-0.39, 0.29) is 6.04 Å². The molecule has 0 saturated heterocycles. The summed E-state index contributed by atoms with van der Waals surface area (Å²) in [6, 6.07) is 13.9. The summed E-state index contributed by atoms with van der Waals surface area (Å²) in [6.45, 7) is 4.72. The number of benzene rings is 1. The summed E-state index contributed by atoms with van der Waals surface area (Å²) in [5.74, 6) is 1.86. The number of furan rings is 1. The summed E-state index contributed by atoms with van der Waals surface area (Å²) in [5, 5.41) is 12.2. The summed E-state index contributed by atoms with van der Waals surface area (Å²) < 4.78 is 5.56. The Labute approximate surface area is 107 Å². The van der Waals surface area contributed by atoms with Crippen LogP contribution in [0.2, 0.25) is 0 Å². The van der Waals surface area contributed by atoms with Gasteiger partial charge in [-0.2, -0.15) is 5.26 Å². The Kier molecular flexibility index (Phi) is 3.81. The van der Waals surface area contributed by atoms with Gasteiger partial charge in [0.1, 0.15) is 11.5 Å². The van der Waals surface area contributed by atoms with Crippen LogP contribution >= 0.6 is 0 Å². The zero-order chi connectivity index (χ0) is 13.0. The van der Waals surface area contributed by atoms with Crippen molar-refractivity contribution in [1.82, 2.24) is 5.32 Å². The van der Waals surface area contributed by atoms with E-state index in [1.165, 1.54) is 0 Å². The first-order chi connectivity index (χ1) is 8.69. The molecule has 0 radical (unpaired) electrons. The fourth-order valence-corrected chi connectivity index (χ4v) is 1.81. The summed E-state index contributed by atoms with van der Waals surface area (Å²) in [6.07, 6.45) is 0. The normalized spacial score (nSPS) is 12.1. The lowest BCUT2D eigenvalue weighted by Gasteiger charge is -2.11. The molecular formula is C15H16N2O. The molecule has 0 aliphatic heterocycles. The summed E-state index contributed by atoms with van der Waals surface area (Å²) in [4.78, 5) is 0. The molecule has 2 rings (SSSR count). The van der Waals surface area contributed by atoms with Gasteiger partial charge >= 0.3 is 0 Å². The lowest BCUT2D eigenvalue weighted by molar-refractivity contribution is 0.416. The Hall–Kier alpha value is -2.05. The molecule has 0 bridgehead atoms. The van der Waals surface area contributed by atoms with Crippen LogP contribution < -0.4 is 5.32 Å². The highest BCUT2D eigenvalue weighted by molar-refractivity contribution is 5.32. The maximum atomic E-state index is 8.83. The first-order valence-electron chi connectivity index (χ1n) is 5.98. The maximum Gasteiger partial charge on any atom is 0.120 e. The molecule has 0 saturated carbocycles. The van der Waals surface area contributed by atoms with Gasteiger partial charge in [0.2, 0.25) is 0 Å². The average molecular weight is 240 g/mol. The average Bonchev–Trinajstić information content (AvgIpc) is 2.83. The minimum absolute atomic E-state index is 0.157. The van der Waals surface area contributed by atoms with Crippen LogP contribution in [0.1, 0.15) is 35.6 Å². The SMILES string of the molecule is Cc1ccc(C(C)NCc2cccc(C#N)c2)o1. The third-order valence-corrected chi connectivity index (χ3v) is 2.86. The van der Waals surface area contributed by atoms with Crippen LogP contribution in [0.15, 0.2) is 40.8 Å². The predicted octanol–water partition coefficient (Wildman–Crippen LogP) is 3.31. The Morgan fingerprint density at radius 2 is 2.17 bits per heavy atom. The molecule has 1 heterocycles. The van der Waals surface area contributed by atoms with Crippen LogP contribution in [-0.2, 0) is 6.54 Å². The predicted molar refractivity (Wildman–Crippen MR) is 69.9 cm³/mol. The summed E-state index contributed by atoms with van der Waals surface area (Å²) in [7, 11) is 0. The van der Waals surface area contributed by atoms with Gasteiger partial charge < -0.3 is 9.73 Å². The quantitative estimate of drug-likeness (QED) is 0.891. The van der Waals surface area contributed by atoms with Crippen LogP contribution in [0.5, 0.6) is 0 Å². The van der Waals surface area contributed by atoms with Gasteiger partial charge in [-0.05, 0) is 43.7 Å². The Balaban J connectivity index is 1.97. The third kappa shape index (κ3) is 2.99. The van der Waals surface area contributed by atoms with E-state index in [4.69, 9.17) is 9.68 Å². The topological polar surface area (TPSA) is 49.0 Å². The molecule has 0 fully saturated rings. The number of hydrogen-bond donors (Lipinski definition) is 1. The zero-order valence-electron chi connectivity index (χ0n) is 10.6. The fourth-order valence-electron chi connectivity index (χ4n) is 1.81. The van der Waals surface area contributed by atoms with E-state index in [0.29, 0.717) is 5.56 Å². The van der Waals surface area contributed by atoms with Crippen molar-refractivity contribution in [2.75, 3.05) is 0 Å². The van der Waals surface area contributed by atoms with Gasteiger partial charge in [0, 0.05) is 6.54 Å². The number of aryl methyl sites for hydroxylation is 1. The smallest absolute Gasteiger partial charge is 0.120 e. The van der Waals surface area contributed by atoms with Gasteiger partial charge in [-0.15, -0.1) is 0 Å². The molecule has 18 heavy (non-hydrogen) atoms. The third-order valence-electron chi connectivity index (χ3n) is 2.86. The fraction of sp³-hybridized carbons (Fsp3) is 0.267. The van der Waals surface area contributed by atoms with Crippen LogP contribution in [-0.4, -0.2) is 0 Å². The molecule has 2 aromatic rings. The van der Waals surface area contributed by atoms with E-state index in [1.807, 2.05) is 43.3 Å². The Morgan fingerprint density at radius 1 is 1.33 bits per heavy atom. The van der Waals surface area contributed by atoms with Gasteiger partial charge in [0.15, 0.2) is 0 Å². The minimum Gasteiger partial charge on any atom is -0.465 e. The van der Waals surface area contributed by atoms with Crippen molar-refractivity contribution in [2.45, 2.75) is 26.4 Å². The summed E-state index contributed by atoms with van der Waals surface area (Å²) in [5.41, 5.74) is 1.79. The molecule has 3 heteroatoms. The molecule has 1 unspecified atom stereocenters. The molecule has 0 aliphatic rings. The van der Waals surface area contributed by atoms with Crippen LogP contribution in [0.4, 0.5) is 0 Å². The molecule has 0 spiro atoms. The molecule has 1 aromatic heterocycles. The standard InChI is InChI=1S/C15H16N2O/c1-11-6-7-15(18-11)12(2)17-10-14-5-3-4-13(8-14)9-16/h3-8,12,17H,10H2,1-2H3. The van der Waals surface area contributed by atoms with E-state index in [2.05, 4.69) is 18.3 Å². The van der Waals surface area contributed by atoms with Crippen molar-refractivity contribution in [1.29, 1.82) is 5.26 Å². The van der Waals surface area contributed by atoms with E-state index in [1.54, 1.807) is 0 Å². The molecule has 1 atom stereocenters. The van der Waals surface area contributed by atoms with Crippen LogP contribution in [0.3, 0.4) is 0 Å². The second kappa shape index (κ2) is 5.52. The molecular weight excluding hydrogens is 224 g/mol. The number of rotatable bonds is 4. The van der Waals surface area contributed by atoms with Crippen LogP contribution in [0.25, 0.3) is 0 Å². The highest BCUT2D eigenvalue weighted by atomic mass is 16.3. The maximum absolute atomic E-state index is 8.83. The van der Waals surface area contributed by atoms with Gasteiger partial charge in [0.05, 0.1) is 17.7 Å². The first kappa shape index (κ1) is 12.4. The lowest BCUT2D eigenvalue weighted by atomic mass is 10.1.